The van der Waals surface area contributed by atoms with Gasteiger partial charge in [0.1, 0.15) is 0 Å². The van der Waals surface area contributed by atoms with E-state index in [1.807, 2.05) is 13.8 Å². The number of carboxylic acids is 1. The molecule has 0 amide bonds. The molecule has 17 heavy (non-hydrogen) atoms. The molecule has 2 aromatic rings. The molecule has 2 rings (SSSR count). The van der Waals surface area contributed by atoms with E-state index in [2.05, 4.69) is 10.3 Å². The van der Waals surface area contributed by atoms with Gasteiger partial charge in [-0.05, 0) is 19.4 Å². The van der Waals surface area contributed by atoms with Crippen molar-refractivity contribution in [2.45, 2.75) is 26.8 Å². The minimum atomic E-state index is -0.961. The second-order valence-electron chi connectivity index (χ2n) is 3.72. The predicted octanol–water partition coefficient (Wildman–Crippen LogP) is 0.945. The summed E-state index contributed by atoms with van der Waals surface area (Å²) in [5.41, 5.74) is 0.632. The number of hydrogen-bond donors (Lipinski definition) is 1. The number of carbonyl (C=O) groups is 1. The van der Waals surface area contributed by atoms with E-state index in [0.29, 0.717) is 10.2 Å². The fourth-order valence-corrected chi connectivity index (χ4v) is 2.51. The average molecular weight is 253 g/mol. The highest BCUT2D eigenvalue weighted by molar-refractivity contribution is 7.18. The Morgan fingerprint density at radius 2 is 2.18 bits per heavy atom. The number of aryl methyl sites for hydroxylation is 3. The van der Waals surface area contributed by atoms with E-state index in [4.69, 9.17) is 5.11 Å². The number of fused-ring (bicyclic) bond motifs is 1. The summed E-state index contributed by atoms with van der Waals surface area (Å²) in [7, 11) is 0. The van der Waals surface area contributed by atoms with Crippen molar-refractivity contribution in [3.8, 4) is 0 Å². The van der Waals surface area contributed by atoms with Gasteiger partial charge in [0, 0.05) is 4.88 Å². The molecule has 0 spiro atoms. The molecule has 2 aromatic heterocycles. The van der Waals surface area contributed by atoms with Crippen LogP contribution in [0, 0.1) is 13.8 Å². The summed E-state index contributed by atoms with van der Waals surface area (Å²) in [4.78, 5) is 24.1. The van der Waals surface area contributed by atoms with E-state index in [1.165, 1.54) is 11.3 Å². The first-order valence-corrected chi connectivity index (χ1v) is 5.87. The summed E-state index contributed by atoms with van der Waals surface area (Å²) in [6, 6.07) is 0. The van der Waals surface area contributed by atoms with Crippen molar-refractivity contribution in [3.05, 3.63) is 20.8 Å². The lowest BCUT2D eigenvalue weighted by Crippen LogP contribution is -2.25. The third-order valence-electron chi connectivity index (χ3n) is 2.60. The van der Waals surface area contributed by atoms with Crippen LogP contribution in [0.3, 0.4) is 0 Å². The van der Waals surface area contributed by atoms with Crippen molar-refractivity contribution < 1.29 is 9.90 Å². The average Bonchev–Trinajstić information content (AvgIpc) is 2.54. The second kappa shape index (κ2) is 4.25. The first-order chi connectivity index (χ1) is 8.00. The van der Waals surface area contributed by atoms with Gasteiger partial charge in [0.15, 0.2) is 4.83 Å². The monoisotopic (exact) mass is 253 g/mol. The maximum Gasteiger partial charge on any atom is 0.305 e. The van der Waals surface area contributed by atoms with Crippen molar-refractivity contribution in [1.82, 2.24) is 15.0 Å². The topological polar surface area (TPSA) is 85.1 Å². The lowest BCUT2D eigenvalue weighted by atomic mass is 10.2. The van der Waals surface area contributed by atoms with Crippen LogP contribution in [0.4, 0.5) is 0 Å². The quantitative estimate of drug-likeness (QED) is 0.880. The van der Waals surface area contributed by atoms with Gasteiger partial charge in [0.25, 0.3) is 5.56 Å². The minimum Gasteiger partial charge on any atom is -0.481 e. The van der Waals surface area contributed by atoms with Gasteiger partial charge in [-0.25, -0.2) is 4.68 Å². The second-order valence-corrected chi connectivity index (χ2v) is 4.93. The summed E-state index contributed by atoms with van der Waals surface area (Å²) in [5, 5.41) is 16.8. The van der Waals surface area contributed by atoms with Crippen LogP contribution >= 0.6 is 11.3 Å². The molecule has 90 valence electrons. The number of aromatic nitrogens is 3. The molecule has 6 nitrogen and oxygen atoms in total. The van der Waals surface area contributed by atoms with Gasteiger partial charge in [0.05, 0.1) is 18.4 Å². The Labute approximate surface area is 101 Å². The van der Waals surface area contributed by atoms with E-state index in [9.17, 15) is 9.59 Å². The molecule has 2 heterocycles. The van der Waals surface area contributed by atoms with Gasteiger partial charge < -0.3 is 5.11 Å². The smallest absolute Gasteiger partial charge is 0.305 e. The molecule has 0 aliphatic heterocycles. The molecule has 0 atom stereocenters. The van der Waals surface area contributed by atoms with Crippen LogP contribution in [0.5, 0.6) is 0 Å². The van der Waals surface area contributed by atoms with Crippen LogP contribution in [-0.2, 0) is 11.3 Å². The number of carboxylic acid groups (broad SMARTS) is 1. The number of thiophene rings is 1. The van der Waals surface area contributed by atoms with Crippen molar-refractivity contribution in [2.24, 2.45) is 0 Å². The Hall–Kier alpha value is -1.76. The van der Waals surface area contributed by atoms with Crippen LogP contribution in [0.15, 0.2) is 4.79 Å². The molecule has 0 saturated carbocycles. The van der Waals surface area contributed by atoms with Crippen LogP contribution in [0.1, 0.15) is 16.9 Å². The maximum atomic E-state index is 12.0. The fourth-order valence-electron chi connectivity index (χ4n) is 1.54. The van der Waals surface area contributed by atoms with E-state index in [1.54, 1.807) is 0 Å². The van der Waals surface area contributed by atoms with Crippen LogP contribution in [0.25, 0.3) is 10.2 Å². The number of nitrogens with zero attached hydrogens (tertiary/aromatic N) is 3. The van der Waals surface area contributed by atoms with Gasteiger partial charge >= 0.3 is 5.97 Å². The van der Waals surface area contributed by atoms with E-state index in [-0.39, 0.29) is 18.5 Å². The number of rotatable bonds is 3. The number of aliphatic carboxylic acids is 1. The Bertz CT molecular complexity index is 644. The molecule has 0 unspecified atom stereocenters. The molecule has 0 fully saturated rings. The maximum absolute atomic E-state index is 12.0. The van der Waals surface area contributed by atoms with Crippen molar-refractivity contribution in [2.75, 3.05) is 0 Å². The summed E-state index contributed by atoms with van der Waals surface area (Å²) >= 11 is 1.42. The van der Waals surface area contributed by atoms with Gasteiger partial charge in [-0.3, -0.25) is 9.59 Å². The zero-order valence-electron chi connectivity index (χ0n) is 9.43. The molecule has 0 aliphatic rings. The standard InChI is InChI=1S/C10H11N3O3S/c1-5-6(2)17-9-8(5)10(16)13(12-11-9)4-3-7(14)15/h3-4H2,1-2H3,(H,14,15). The fraction of sp³-hybridized carbons (Fsp3) is 0.400. The van der Waals surface area contributed by atoms with Crippen molar-refractivity contribution in [3.63, 3.8) is 0 Å². The number of hydrogen-bond acceptors (Lipinski definition) is 5. The molecule has 7 heteroatoms. The molecular weight excluding hydrogens is 242 g/mol. The third-order valence-corrected chi connectivity index (χ3v) is 3.69. The van der Waals surface area contributed by atoms with Gasteiger partial charge in [-0.15, -0.1) is 16.4 Å². The first-order valence-electron chi connectivity index (χ1n) is 5.06. The Balaban J connectivity index is 2.53. The van der Waals surface area contributed by atoms with Gasteiger partial charge in [-0.1, -0.05) is 5.21 Å². The molecule has 0 saturated heterocycles. The van der Waals surface area contributed by atoms with Crippen molar-refractivity contribution >= 4 is 27.5 Å². The highest BCUT2D eigenvalue weighted by Crippen LogP contribution is 2.24. The lowest BCUT2D eigenvalue weighted by molar-refractivity contribution is -0.137. The molecule has 0 radical (unpaired) electrons. The molecular formula is C10H11N3O3S. The summed E-state index contributed by atoms with van der Waals surface area (Å²) in [6.07, 6.45) is -0.137. The largest absolute Gasteiger partial charge is 0.481 e. The van der Waals surface area contributed by atoms with Crippen LogP contribution < -0.4 is 5.56 Å². The first kappa shape index (κ1) is 11.7. The van der Waals surface area contributed by atoms with Crippen LogP contribution in [0.2, 0.25) is 0 Å². The van der Waals surface area contributed by atoms with Gasteiger partial charge in [-0.2, -0.15) is 0 Å². The molecule has 0 bridgehead atoms. The summed E-state index contributed by atoms with van der Waals surface area (Å²) < 4.78 is 1.11. The van der Waals surface area contributed by atoms with E-state index in [0.717, 1.165) is 15.1 Å². The highest BCUT2D eigenvalue weighted by Gasteiger charge is 2.13. The van der Waals surface area contributed by atoms with Gasteiger partial charge in [0.2, 0.25) is 0 Å². The Morgan fingerprint density at radius 1 is 1.47 bits per heavy atom. The minimum absolute atomic E-state index is 0.0471. The summed E-state index contributed by atoms with van der Waals surface area (Å²) in [5.74, 6) is -0.961. The zero-order chi connectivity index (χ0) is 12.6. The van der Waals surface area contributed by atoms with E-state index >= 15 is 0 Å². The predicted molar refractivity (Wildman–Crippen MR) is 63.4 cm³/mol. The summed E-state index contributed by atoms with van der Waals surface area (Å²) in [6.45, 7) is 3.83. The Kier molecular flexibility index (Phi) is 2.93. The third kappa shape index (κ3) is 2.05. The van der Waals surface area contributed by atoms with E-state index < -0.39 is 5.97 Å². The normalized spacial score (nSPS) is 10.9. The SMILES string of the molecule is Cc1sc2nnn(CCC(=O)O)c(=O)c2c1C. The highest BCUT2D eigenvalue weighted by atomic mass is 32.1. The molecule has 1 N–H and O–H groups in total. The van der Waals surface area contributed by atoms with Crippen molar-refractivity contribution in [1.29, 1.82) is 0 Å². The lowest BCUT2D eigenvalue weighted by Gasteiger charge is -2.00. The van der Waals surface area contributed by atoms with Crippen LogP contribution in [-0.4, -0.2) is 26.1 Å². The zero-order valence-corrected chi connectivity index (χ0v) is 10.2. The Morgan fingerprint density at radius 3 is 2.82 bits per heavy atom. The molecule has 0 aliphatic carbocycles. The molecule has 0 aromatic carbocycles.